The zero-order valence-electron chi connectivity index (χ0n) is 21.1. The highest BCUT2D eigenvalue weighted by atomic mass is 19.4. The number of halogens is 3. The molecule has 0 saturated carbocycles. The molecule has 1 saturated heterocycles. The normalized spacial score (nSPS) is 15.8. The van der Waals surface area contributed by atoms with Crippen LogP contribution in [0.5, 0.6) is 5.75 Å². The van der Waals surface area contributed by atoms with Crippen molar-refractivity contribution >= 4 is 29.2 Å². The van der Waals surface area contributed by atoms with Crippen molar-refractivity contribution in [2.24, 2.45) is 5.73 Å². The number of nitrogens with two attached hydrogens (primary N) is 1. The van der Waals surface area contributed by atoms with E-state index >= 15 is 0 Å². The van der Waals surface area contributed by atoms with Crippen molar-refractivity contribution in [1.82, 2.24) is 9.88 Å². The Balaban J connectivity index is 1.63. The molecule has 1 fully saturated rings. The van der Waals surface area contributed by atoms with Crippen LogP contribution < -0.4 is 20.7 Å². The summed E-state index contributed by atoms with van der Waals surface area (Å²) in [5.41, 5.74) is 5.78. The molecule has 9 nitrogen and oxygen atoms in total. The van der Waals surface area contributed by atoms with Crippen molar-refractivity contribution in [3.63, 3.8) is 0 Å². The molecule has 1 aliphatic heterocycles. The number of aromatic nitrogens is 1. The molecule has 4 amide bonds. The van der Waals surface area contributed by atoms with E-state index in [4.69, 9.17) is 5.73 Å². The predicted molar refractivity (Wildman–Crippen MR) is 137 cm³/mol. The first-order valence-corrected chi connectivity index (χ1v) is 11.9. The van der Waals surface area contributed by atoms with Gasteiger partial charge < -0.3 is 20.7 Å². The number of alkyl halides is 3. The number of carbonyl (C=O) groups excluding carboxylic acids is 3. The topological polar surface area (TPSA) is 118 Å². The molecule has 2 aromatic carbocycles. The van der Waals surface area contributed by atoms with Crippen LogP contribution in [0.1, 0.15) is 25.0 Å². The van der Waals surface area contributed by atoms with Gasteiger partial charge in [-0.15, -0.1) is 13.2 Å². The van der Waals surface area contributed by atoms with Crippen LogP contribution in [0.3, 0.4) is 0 Å². The Morgan fingerprint density at radius 1 is 1.05 bits per heavy atom. The number of carbonyl (C=O) groups is 3. The van der Waals surface area contributed by atoms with Crippen LogP contribution in [0.4, 0.5) is 29.3 Å². The average Bonchev–Trinajstić information content (AvgIpc) is 3.04. The van der Waals surface area contributed by atoms with Crippen LogP contribution in [0.15, 0.2) is 73.1 Å². The van der Waals surface area contributed by atoms with E-state index < -0.39 is 47.2 Å². The smallest absolute Gasteiger partial charge is 0.404 e. The molecule has 2 heterocycles. The molecular formula is C27H26F3N5O4. The maximum Gasteiger partial charge on any atom is 0.573 e. The number of ether oxygens (including phenoxy) is 1. The van der Waals surface area contributed by atoms with E-state index in [0.29, 0.717) is 0 Å². The lowest BCUT2D eigenvalue weighted by Gasteiger charge is -2.27. The van der Waals surface area contributed by atoms with Gasteiger partial charge >= 0.3 is 12.4 Å². The molecule has 204 valence electrons. The summed E-state index contributed by atoms with van der Waals surface area (Å²) >= 11 is 0. The Hall–Kier alpha value is -4.45. The first kappa shape index (κ1) is 27.6. The van der Waals surface area contributed by atoms with Crippen molar-refractivity contribution in [3.05, 3.63) is 84.2 Å². The van der Waals surface area contributed by atoms with Gasteiger partial charge in [0.05, 0.1) is 17.4 Å². The van der Waals surface area contributed by atoms with Crippen molar-refractivity contribution in [2.75, 3.05) is 10.2 Å². The minimum absolute atomic E-state index is 0.0447. The lowest BCUT2D eigenvalue weighted by atomic mass is 10.0. The number of nitrogens with zero attached hydrogens (tertiary/aromatic N) is 3. The van der Waals surface area contributed by atoms with E-state index in [0.717, 1.165) is 34.2 Å². The van der Waals surface area contributed by atoms with Gasteiger partial charge in [0, 0.05) is 18.9 Å². The third-order valence-electron chi connectivity index (χ3n) is 6.25. The van der Waals surface area contributed by atoms with E-state index in [1.807, 2.05) is 0 Å². The molecule has 3 aromatic rings. The molecular weight excluding hydrogens is 515 g/mol. The number of hydrogen-bond acceptors (Lipinski definition) is 6. The second-order valence-corrected chi connectivity index (χ2v) is 9.44. The third-order valence-corrected chi connectivity index (χ3v) is 6.25. The van der Waals surface area contributed by atoms with Crippen molar-refractivity contribution in [1.29, 1.82) is 0 Å². The lowest BCUT2D eigenvalue weighted by molar-refractivity contribution is -0.274. The number of anilines is 2. The quantitative estimate of drug-likeness (QED) is 0.412. The summed E-state index contributed by atoms with van der Waals surface area (Å²) < 4.78 is 43.4. The SMILES string of the molecule is CC1(C)C(=O)N(c2ccc(OC(F)(F)F)c(NC(=O)C(N)Cc3ccccc3)c2)C(=O)N1Cc1ccncc1. The van der Waals surface area contributed by atoms with Crippen LogP contribution in [0.2, 0.25) is 0 Å². The molecule has 3 N–H and O–H groups in total. The molecule has 0 bridgehead atoms. The zero-order chi connectivity index (χ0) is 28.4. The average molecular weight is 542 g/mol. The molecule has 1 unspecified atom stereocenters. The van der Waals surface area contributed by atoms with E-state index in [1.165, 1.54) is 4.90 Å². The largest absolute Gasteiger partial charge is 0.573 e. The van der Waals surface area contributed by atoms with Gasteiger partial charge in [-0.3, -0.25) is 14.6 Å². The zero-order valence-corrected chi connectivity index (χ0v) is 21.1. The lowest BCUT2D eigenvalue weighted by Crippen LogP contribution is -2.43. The van der Waals surface area contributed by atoms with Crippen LogP contribution in [-0.2, 0) is 22.6 Å². The van der Waals surface area contributed by atoms with E-state index in [-0.39, 0.29) is 18.7 Å². The summed E-state index contributed by atoms with van der Waals surface area (Å²) in [6, 6.07) is 13.6. The fourth-order valence-electron chi connectivity index (χ4n) is 4.15. The highest BCUT2D eigenvalue weighted by Gasteiger charge is 2.52. The summed E-state index contributed by atoms with van der Waals surface area (Å²) in [6.45, 7) is 3.24. The molecule has 0 radical (unpaired) electrons. The predicted octanol–water partition coefficient (Wildman–Crippen LogP) is 4.24. The Labute approximate surface area is 222 Å². The van der Waals surface area contributed by atoms with Crippen molar-refractivity contribution in [3.8, 4) is 5.75 Å². The van der Waals surface area contributed by atoms with E-state index in [1.54, 1.807) is 68.7 Å². The molecule has 1 atom stereocenters. The maximum atomic E-state index is 13.4. The number of nitrogens with one attached hydrogen (secondary N) is 1. The fourth-order valence-corrected chi connectivity index (χ4v) is 4.15. The van der Waals surface area contributed by atoms with Gasteiger partial charge in [-0.2, -0.15) is 0 Å². The van der Waals surface area contributed by atoms with E-state index in [2.05, 4.69) is 15.0 Å². The Morgan fingerprint density at radius 2 is 1.72 bits per heavy atom. The molecule has 4 rings (SSSR count). The molecule has 0 aliphatic carbocycles. The van der Waals surface area contributed by atoms with Gasteiger partial charge in [0.15, 0.2) is 5.75 Å². The Bertz CT molecular complexity index is 1370. The van der Waals surface area contributed by atoms with Gasteiger partial charge in [0.25, 0.3) is 5.91 Å². The second kappa shape index (κ2) is 10.7. The Kier molecular flexibility index (Phi) is 7.59. The maximum absolute atomic E-state index is 13.4. The highest BCUT2D eigenvalue weighted by molar-refractivity contribution is 6.23. The van der Waals surface area contributed by atoms with Crippen LogP contribution in [0, 0.1) is 0 Å². The first-order chi connectivity index (χ1) is 18.4. The molecule has 1 aliphatic rings. The monoisotopic (exact) mass is 541 g/mol. The standard InChI is InChI=1S/C27H26F3N5O4/c1-26(2)24(37)35(25(38)34(26)16-18-10-12-32-13-11-18)19-8-9-22(39-27(28,29)30)21(15-19)33-23(36)20(31)14-17-6-4-3-5-7-17/h3-13,15,20H,14,16,31H2,1-2H3,(H,33,36). The molecule has 12 heteroatoms. The highest BCUT2D eigenvalue weighted by Crippen LogP contribution is 2.38. The number of benzene rings is 2. The molecule has 39 heavy (non-hydrogen) atoms. The number of hydrogen-bond donors (Lipinski definition) is 2. The van der Waals surface area contributed by atoms with Crippen molar-refractivity contribution in [2.45, 2.75) is 44.8 Å². The number of urea groups is 1. The van der Waals surface area contributed by atoms with E-state index in [9.17, 15) is 27.6 Å². The minimum atomic E-state index is -5.06. The molecule has 1 aromatic heterocycles. The minimum Gasteiger partial charge on any atom is -0.404 e. The van der Waals surface area contributed by atoms with Gasteiger partial charge in [-0.1, -0.05) is 30.3 Å². The van der Waals surface area contributed by atoms with Crippen LogP contribution in [0.25, 0.3) is 0 Å². The number of amides is 4. The summed E-state index contributed by atoms with van der Waals surface area (Å²) in [7, 11) is 0. The summed E-state index contributed by atoms with van der Waals surface area (Å²) in [4.78, 5) is 45.7. The number of imide groups is 1. The summed E-state index contributed by atoms with van der Waals surface area (Å²) in [5.74, 6) is -2.09. The van der Waals surface area contributed by atoms with Crippen molar-refractivity contribution < 1.29 is 32.3 Å². The van der Waals surface area contributed by atoms with Gasteiger partial charge in [0.2, 0.25) is 5.91 Å². The van der Waals surface area contributed by atoms with Gasteiger partial charge in [-0.05, 0) is 61.7 Å². The Morgan fingerprint density at radius 3 is 2.36 bits per heavy atom. The summed E-state index contributed by atoms with van der Waals surface area (Å²) in [5, 5.41) is 2.36. The second-order valence-electron chi connectivity index (χ2n) is 9.44. The van der Waals surface area contributed by atoms with Gasteiger partial charge in [-0.25, -0.2) is 9.69 Å². The third kappa shape index (κ3) is 6.17. The molecule has 0 spiro atoms. The summed E-state index contributed by atoms with van der Waals surface area (Å²) in [6.07, 6.45) is -1.82. The van der Waals surface area contributed by atoms with Crippen LogP contribution >= 0.6 is 0 Å². The van der Waals surface area contributed by atoms with Gasteiger partial charge in [0.1, 0.15) is 5.54 Å². The van der Waals surface area contributed by atoms with Crippen LogP contribution in [-0.4, -0.2) is 45.7 Å². The number of rotatable bonds is 8. The fraction of sp³-hybridized carbons (Fsp3) is 0.259. The first-order valence-electron chi connectivity index (χ1n) is 11.9. The number of pyridine rings is 1.